The van der Waals surface area contributed by atoms with Gasteiger partial charge in [-0.2, -0.15) is 0 Å². The van der Waals surface area contributed by atoms with E-state index in [1.807, 2.05) is 0 Å². The fourth-order valence-electron chi connectivity index (χ4n) is 1.10. The lowest BCUT2D eigenvalue weighted by Crippen LogP contribution is -2.33. The Labute approximate surface area is 87.9 Å². The number of aliphatic carboxylic acids is 1. The Kier molecular flexibility index (Phi) is 3.80. The van der Waals surface area contributed by atoms with E-state index in [1.165, 1.54) is 6.07 Å². The van der Waals surface area contributed by atoms with Crippen LogP contribution < -0.4 is 5.32 Å². The zero-order valence-corrected chi connectivity index (χ0v) is 8.75. The summed E-state index contributed by atoms with van der Waals surface area (Å²) in [5.41, 5.74) is 1.33. The Hall–Kier alpha value is -1.42. The van der Waals surface area contributed by atoms with Gasteiger partial charge in [0.2, 0.25) is 0 Å². The second-order valence-corrected chi connectivity index (χ2v) is 3.52. The molecule has 1 aromatic rings. The largest absolute Gasteiger partial charge is 0.480 e. The predicted octanol–water partition coefficient (Wildman–Crippen LogP) is 1.70. The van der Waals surface area contributed by atoms with Crippen LogP contribution in [-0.4, -0.2) is 17.1 Å². The summed E-state index contributed by atoms with van der Waals surface area (Å²) in [6, 6.07) is 4.24. The molecular formula is C11H14FNO2. The maximum Gasteiger partial charge on any atom is 0.320 e. The SMILES string of the molecule is Cc1ccc(CNC(C)C(=O)O)cc1F. The van der Waals surface area contributed by atoms with E-state index in [4.69, 9.17) is 5.11 Å². The van der Waals surface area contributed by atoms with Crippen molar-refractivity contribution < 1.29 is 14.3 Å². The normalized spacial score (nSPS) is 12.5. The Bertz CT molecular complexity index is 366. The third-order valence-electron chi connectivity index (χ3n) is 2.22. The summed E-state index contributed by atoms with van der Waals surface area (Å²) >= 11 is 0. The maximum absolute atomic E-state index is 13.1. The first-order valence-corrected chi connectivity index (χ1v) is 4.72. The molecule has 0 heterocycles. The molecule has 1 rings (SSSR count). The fourth-order valence-corrected chi connectivity index (χ4v) is 1.10. The van der Waals surface area contributed by atoms with E-state index in [0.717, 1.165) is 5.56 Å². The quantitative estimate of drug-likeness (QED) is 0.796. The summed E-state index contributed by atoms with van der Waals surface area (Å²) in [5.74, 6) is -1.18. The van der Waals surface area contributed by atoms with Gasteiger partial charge in [0, 0.05) is 6.54 Å². The molecule has 4 heteroatoms. The first-order valence-electron chi connectivity index (χ1n) is 4.72. The van der Waals surface area contributed by atoms with Crippen LogP contribution in [0.4, 0.5) is 4.39 Å². The Morgan fingerprint density at radius 2 is 2.27 bits per heavy atom. The van der Waals surface area contributed by atoms with Gasteiger partial charge in [0.1, 0.15) is 11.9 Å². The van der Waals surface area contributed by atoms with E-state index in [9.17, 15) is 9.18 Å². The number of benzene rings is 1. The highest BCUT2D eigenvalue weighted by molar-refractivity contribution is 5.72. The molecule has 1 aromatic carbocycles. The second-order valence-electron chi connectivity index (χ2n) is 3.52. The van der Waals surface area contributed by atoms with Gasteiger partial charge in [0.25, 0.3) is 0 Å². The number of carboxylic acid groups (broad SMARTS) is 1. The highest BCUT2D eigenvalue weighted by Crippen LogP contribution is 2.08. The summed E-state index contributed by atoms with van der Waals surface area (Å²) < 4.78 is 13.1. The minimum atomic E-state index is -0.914. The van der Waals surface area contributed by atoms with Crippen molar-refractivity contribution in [3.63, 3.8) is 0 Å². The molecule has 0 saturated carbocycles. The Morgan fingerprint density at radius 1 is 1.60 bits per heavy atom. The van der Waals surface area contributed by atoms with Gasteiger partial charge in [-0.25, -0.2) is 4.39 Å². The molecule has 0 aliphatic rings. The van der Waals surface area contributed by atoms with Crippen LogP contribution in [0.3, 0.4) is 0 Å². The Balaban J connectivity index is 2.58. The molecule has 82 valence electrons. The number of halogens is 1. The second kappa shape index (κ2) is 4.89. The van der Waals surface area contributed by atoms with Crippen LogP contribution in [-0.2, 0) is 11.3 Å². The van der Waals surface area contributed by atoms with Crippen molar-refractivity contribution >= 4 is 5.97 Å². The van der Waals surface area contributed by atoms with E-state index < -0.39 is 12.0 Å². The summed E-state index contributed by atoms with van der Waals surface area (Å²) in [6.45, 7) is 3.59. The minimum Gasteiger partial charge on any atom is -0.480 e. The lowest BCUT2D eigenvalue weighted by atomic mass is 10.1. The van der Waals surface area contributed by atoms with Crippen LogP contribution >= 0.6 is 0 Å². The van der Waals surface area contributed by atoms with Gasteiger partial charge in [-0.05, 0) is 31.0 Å². The summed E-state index contributed by atoms with van der Waals surface area (Å²) in [4.78, 5) is 10.5. The molecule has 0 bridgehead atoms. The third kappa shape index (κ3) is 3.32. The van der Waals surface area contributed by atoms with Crippen LogP contribution in [0.2, 0.25) is 0 Å². The van der Waals surface area contributed by atoms with Crippen molar-refractivity contribution in [2.24, 2.45) is 0 Å². The highest BCUT2D eigenvalue weighted by Gasteiger charge is 2.09. The standard InChI is InChI=1S/C11H14FNO2/c1-7-3-4-9(5-10(7)12)6-13-8(2)11(14)15/h3-5,8,13H,6H2,1-2H3,(H,14,15). The number of aryl methyl sites for hydroxylation is 1. The van der Waals surface area contributed by atoms with E-state index in [1.54, 1.807) is 26.0 Å². The van der Waals surface area contributed by atoms with Crippen LogP contribution in [0, 0.1) is 12.7 Å². The molecule has 0 aliphatic heterocycles. The predicted molar refractivity (Wildman–Crippen MR) is 55.1 cm³/mol. The molecule has 1 atom stereocenters. The molecule has 0 fully saturated rings. The van der Waals surface area contributed by atoms with Crippen molar-refractivity contribution in [2.45, 2.75) is 26.4 Å². The van der Waals surface area contributed by atoms with Crippen molar-refractivity contribution in [1.29, 1.82) is 0 Å². The van der Waals surface area contributed by atoms with Gasteiger partial charge in [-0.15, -0.1) is 0 Å². The van der Waals surface area contributed by atoms with E-state index in [-0.39, 0.29) is 5.82 Å². The summed E-state index contributed by atoms with van der Waals surface area (Å²) in [7, 11) is 0. The number of carboxylic acids is 1. The van der Waals surface area contributed by atoms with Crippen molar-refractivity contribution in [3.8, 4) is 0 Å². The zero-order valence-electron chi connectivity index (χ0n) is 8.75. The lowest BCUT2D eigenvalue weighted by Gasteiger charge is -2.09. The average Bonchev–Trinajstić information content (AvgIpc) is 2.19. The summed E-state index contributed by atoms with van der Waals surface area (Å²) in [5, 5.41) is 11.4. The first kappa shape index (κ1) is 11.7. The molecule has 0 spiro atoms. The monoisotopic (exact) mass is 211 g/mol. The lowest BCUT2D eigenvalue weighted by molar-refractivity contribution is -0.139. The number of hydrogen-bond donors (Lipinski definition) is 2. The van der Waals surface area contributed by atoms with Crippen molar-refractivity contribution in [3.05, 3.63) is 35.1 Å². The third-order valence-corrected chi connectivity index (χ3v) is 2.22. The van der Waals surface area contributed by atoms with E-state index >= 15 is 0 Å². The average molecular weight is 211 g/mol. The minimum absolute atomic E-state index is 0.266. The number of hydrogen-bond acceptors (Lipinski definition) is 2. The topological polar surface area (TPSA) is 49.3 Å². The van der Waals surface area contributed by atoms with Gasteiger partial charge >= 0.3 is 5.97 Å². The molecule has 0 aromatic heterocycles. The number of carbonyl (C=O) groups is 1. The van der Waals surface area contributed by atoms with Crippen molar-refractivity contribution in [1.82, 2.24) is 5.32 Å². The fraction of sp³-hybridized carbons (Fsp3) is 0.364. The maximum atomic E-state index is 13.1. The molecule has 0 amide bonds. The van der Waals surface area contributed by atoms with Crippen molar-refractivity contribution in [2.75, 3.05) is 0 Å². The smallest absolute Gasteiger partial charge is 0.320 e. The van der Waals surface area contributed by atoms with Gasteiger partial charge in [0.15, 0.2) is 0 Å². The molecular weight excluding hydrogens is 197 g/mol. The zero-order chi connectivity index (χ0) is 11.4. The molecule has 2 N–H and O–H groups in total. The van der Waals surface area contributed by atoms with Gasteiger partial charge in [0.05, 0.1) is 0 Å². The van der Waals surface area contributed by atoms with Crippen LogP contribution in [0.25, 0.3) is 0 Å². The molecule has 0 aliphatic carbocycles. The van der Waals surface area contributed by atoms with Gasteiger partial charge < -0.3 is 10.4 Å². The van der Waals surface area contributed by atoms with Gasteiger partial charge in [-0.3, -0.25) is 4.79 Å². The Morgan fingerprint density at radius 3 is 2.80 bits per heavy atom. The molecule has 0 radical (unpaired) electrons. The molecule has 3 nitrogen and oxygen atoms in total. The van der Waals surface area contributed by atoms with E-state index in [0.29, 0.717) is 12.1 Å². The van der Waals surface area contributed by atoms with Gasteiger partial charge in [-0.1, -0.05) is 12.1 Å². The molecule has 0 saturated heterocycles. The van der Waals surface area contributed by atoms with E-state index in [2.05, 4.69) is 5.32 Å². The molecule has 1 unspecified atom stereocenters. The number of rotatable bonds is 4. The first-order chi connectivity index (χ1) is 7.00. The summed E-state index contributed by atoms with van der Waals surface area (Å²) in [6.07, 6.45) is 0. The van der Waals surface area contributed by atoms with Crippen LogP contribution in [0.1, 0.15) is 18.1 Å². The highest BCUT2D eigenvalue weighted by atomic mass is 19.1. The number of nitrogens with one attached hydrogen (secondary N) is 1. The van der Waals surface area contributed by atoms with Crippen LogP contribution in [0.5, 0.6) is 0 Å². The van der Waals surface area contributed by atoms with Crippen LogP contribution in [0.15, 0.2) is 18.2 Å². The molecule has 15 heavy (non-hydrogen) atoms.